The van der Waals surface area contributed by atoms with Gasteiger partial charge in [-0.3, -0.25) is 0 Å². The molecule has 1 aromatic rings. The Kier molecular flexibility index (Phi) is 5.80. The van der Waals surface area contributed by atoms with Gasteiger partial charge in [0.25, 0.3) is 0 Å². The second-order valence-electron chi connectivity index (χ2n) is 5.54. The van der Waals surface area contributed by atoms with Crippen LogP contribution in [0.2, 0.25) is 0 Å². The van der Waals surface area contributed by atoms with Crippen LogP contribution >= 0.6 is 0 Å². The van der Waals surface area contributed by atoms with Crippen LogP contribution in [0.25, 0.3) is 0 Å². The van der Waals surface area contributed by atoms with Gasteiger partial charge in [0.05, 0.1) is 17.9 Å². The van der Waals surface area contributed by atoms with Gasteiger partial charge in [0, 0.05) is 18.6 Å². The standard InChI is InChI=1S/C13H20F2N2O3S/c1-13(2,17-21(3,19)20)8-16-7-11(18)12-9(14)5-4-6-10(12)15/h4-6,11,16-18H,7-8H2,1-3H3. The van der Waals surface area contributed by atoms with Gasteiger partial charge in [0.15, 0.2) is 0 Å². The molecular formula is C13H20F2N2O3S. The molecule has 0 radical (unpaired) electrons. The lowest BCUT2D eigenvalue weighted by Crippen LogP contribution is -2.50. The summed E-state index contributed by atoms with van der Waals surface area (Å²) in [5.74, 6) is -1.64. The maximum Gasteiger partial charge on any atom is 0.209 e. The zero-order chi connectivity index (χ0) is 16.3. The molecule has 3 N–H and O–H groups in total. The number of hydrogen-bond donors (Lipinski definition) is 3. The molecule has 0 amide bonds. The molecule has 0 saturated heterocycles. The zero-order valence-corrected chi connectivity index (χ0v) is 13.0. The molecule has 1 rings (SSSR count). The summed E-state index contributed by atoms with van der Waals surface area (Å²) in [6.45, 7) is 3.38. The van der Waals surface area contributed by atoms with Gasteiger partial charge in [0.2, 0.25) is 10.0 Å². The predicted octanol–water partition coefficient (Wildman–Crippen LogP) is 0.916. The van der Waals surface area contributed by atoms with Gasteiger partial charge < -0.3 is 10.4 Å². The van der Waals surface area contributed by atoms with Crippen molar-refractivity contribution in [3.05, 3.63) is 35.4 Å². The average molecular weight is 322 g/mol. The first kappa shape index (κ1) is 18.0. The van der Waals surface area contributed by atoms with Crippen molar-refractivity contribution in [3.8, 4) is 0 Å². The van der Waals surface area contributed by atoms with Crippen LogP contribution in [0.15, 0.2) is 18.2 Å². The van der Waals surface area contributed by atoms with E-state index in [9.17, 15) is 22.3 Å². The Hall–Kier alpha value is -1.09. The summed E-state index contributed by atoms with van der Waals surface area (Å²) in [5, 5.41) is 12.6. The molecule has 0 fully saturated rings. The Labute approximate surface area is 123 Å². The van der Waals surface area contributed by atoms with Crippen LogP contribution in [0.5, 0.6) is 0 Å². The molecular weight excluding hydrogens is 302 g/mol. The molecule has 1 atom stereocenters. The summed E-state index contributed by atoms with van der Waals surface area (Å²) in [5.41, 5.74) is -1.19. The molecule has 0 aliphatic heterocycles. The Morgan fingerprint density at radius 2 is 1.81 bits per heavy atom. The maximum absolute atomic E-state index is 13.5. The number of sulfonamides is 1. The number of rotatable bonds is 7. The van der Waals surface area contributed by atoms with Gasteiger partial charge in [-0.1, -0.05) is 6.07 Å². The van der Waals surface area contributed by atoms with Gasteiger partial charge in [-0.25, -0.2) is 21.9 Å². The summed E-state index contributed by atoms with van der Waals surface area (Å²) in [4.78, 5) is 0. The quantitative estimate of drug-likeness (QED) is 0.697. The van der Waals surface area contributed by atoms with Gasteiger partial charge in [0.1, 0.15) is 11.6 Å². The van der Waals surface area contributed by atoms with E-state index in [0.717, 1.165) is 18.4 Å². The van der Waals surface area contributed by atoms with Crippen LogP contribution in [-0.2, 0) is 10.0 Å². The first-order valence-corrected chi connectivity index (χ1v) is 8.22. The van der Waals surface area contributed by atoms with Crippen LogP contribution in [0.4, 0.5) is 8.78 Å². The van der Waals surface area contributed by atoms with E-state index in [-0.39, 0.29) is 13.1 Å². The van der Waals surface area contributed by atoms with Crippen LogP contribution in [-0.4, -0.2) is 38.4 Å². The molecule has 21 heavy (non-hydrogen) atoms. The highest BCUT2D eigenvalue weighted by atomic mass is 32.2. The summed E-state index contributed by atoms with van der Waals surface area (Å²) < 4.78 is 51.7. The third-order valence-electron chi connectivity index (χ3n) is 2.70. The molecule has 0 heterocycles. The summed E-state index contributed by atoms with van der Waals surface area (Å²) >= 11 is 0. The molecule has 0 spiro atoms. The van der Waals surface area contributed by atoms with Crippen molar-refractivity contribution in [2.24, 2.45) is 0 Å². The number of nitrogens with one attached hydrogen (secondary N) is 2. The largest absolute Gasteiger partial charge is 0.387 e. The van der Waals surface area contributed by atoms with Crippen molar-refractivity contribution < 1.29 is 22.3 Å². The third kappa shape index (κ3) is 6.04. The summed E-state index contributed by atoms with van der Waals surface area (Å²) in [7, 11) is -3.37. The molecule has 0 aliphatic rings. The number of aliphatic hydroxyl groups is 1. The van der Waals surface area contributed by atoms with Crippen molar-refractivity contribution >= 4 is 10.0 Å². The highest BCUT2D eigenvalue weighted by Gasteiger charge is 2.23. The van der Waals surface area contributed by atoms with E-state index in [0.29, 0.717) is 0 Å². The van der Waals surface area contributed by atoms with E-state index in [4.69, 9.17) is 0 Å². The molecule has 8 heteroatoms. The Bertz CT molecular complexity index is 571. The topological polar surface area (TPSA) is 78.4 Å². The van der Waals surface area contributed by atoms with Crippen LogP contribution in [0, 0.1) is 11.6 Å². The maximum atomic E-state index is 13.5. The van der Waals surface area contributed by atoms with Gasteiger partial charge in [-0.15, -0.1) is 0 Å². The minimum Gasteiger partial charge on any atom is -0.387 e. The second kappa shape index (κ2) is 6.78. The van der Waals surface area contributed by atoms with Crippen molar-refractivity contribution in [1.29, 1.82) is 0 Å². The van der Waals surface area contributed by atoms with E-state index in [1.54, 1.807) is 13.8 Å². The molecule has 120 valence electrons. The highest BCUT2D eigenvalue weighted by molar-refractivity contribution is 7.88. The first-order chi connectivity index (χ1) is 9.52. The summed E-state index contributed by atoms with van der Waals surface area (Å²) in [6.07, 6.45) is -0.321. The predicted molar refractivity (Wildman–Crippen MR) is 76.2 cm³/mol. The van der Waals surface area contributed by atoms with Gasteiger partial charge >= 0.3 is 0 Å². The van der Waals surface area contributed by atoms with Crippen molar-refractivity contribution in [2.75, 3.05) is 19.3 Å². The minimum atomic E-state index is -3.37. The Morgan fingerprint density at radius 3 is 2.29 bits per heavy atom. The van der Waals surface area contributed by atoms with Crippen molar-refractivity contribution in [3.63, 3.8) is 0 Å². The van der Waals surface area contributed by atoms with E-state index < -0.39 is 38.9 Å². The third-order valence-corrected chi connectivity index (χ3v) is 3.62. The van der Waals surface area contributed by atoms with Gasteiger partial charge in [-0.2, -0.15) is 0 Å². The second-order valence-corrected chi connectivity index (χ2v) is 7.29. The highest BCUT2D eigenvalue weighted by Crippen LogP contribution is 2.20. The number of halogens is 2. The molecule has 1 unspecified atom stereocenters. The molecule has 1 aromatic carbocycles. The molecule has 0 bridgehead atoms. The Morgan fingerprint density at radius 1 is 1.29 bits per heavy atom. The smallest absolute Gasteiger partial charge is 0.209 e. The number of aliphatic hydroxyl groups excluding tert-OH is 1. The van der Waals surface area contributed by atoms with E-state index in [2.05, 4.69) is 10.0 Å². The lowest BCUT2D eigenvalue weighted by Gasteiger charge is -2.26. The minimum absolute atomic E-state index is 0.104. The first-order valence-electron chi connectivity index (χ1n) is 6.33. The van der Waals surface area contributed by atoms with Crippen molar-refractivity contribution in [2.45, 2.75) is 25.5 Å². The Balaban J connectivity index is 2.60. The number of hydrogen-bond acceptors (Lipinski definition) is 4. The molecule has 0 saturated carbocycles. The molecule has 0 aliphatic carbocycles. The fraction of sp³-hybridized carbons (Fsp3) is 0.538. The van der Waals surface area contributed by atoms with E-state index >= 15 is 0 Å². The lowest BCUT2D eigenvalue weighted by molar-refractivity contribution is 0.162. The fourth-order valence-electron chi connectivity index (χ4n) is 1.99. The summed E-state index contributed by atoms with van der Waals surface area (Å²) in [6, 6.07) is 3.35. The van der Waals surface area contributed by atoms with Crippen molar-refractivity contribution in [1.82, 2.24) is 10.0 Å². The van der Waals surface area contributed by atoms with Crippen LogP contribution in [0.3, 0.4) is 0 Å². The number of benzene rings is 1. The SMILES string of the molecule is CC(C)(CNCC(O)c1c(F)cccc1F)NS(C)(=O)=O. The lowest BCUT2D eigenvalue weighted by atomic mass is 10.1. The van der Waals surface area contributed by atoms with Crippen LogP contribution in [0.1, 0.15) is 25.5 Å². The normalized spacial score (nSPS) is 14.2. The van der Waals surface area contributed by atoms with E-state index in [1.165, 1.54) is 6.07 Å². The van der Waals surface area contributed by atoms with E-state index in [1.807, 2.05) is 0 Å². The fourth-order valence-corrected chi connectivity index (χ4v) is 3.07. The zero-order valence-electron chi connectivity index (χ0n) is 12.2. The van der Waals surface area contributed by atoms with Crippen LogP contribution < -0.4 is 10.0 Å². The van der Waals surface area contributed by atoms with Gasteiger partial charge in [-0.05, 0) is 26.0 Å². The molecule has 0 aromatic heterocycles. The molecule has 5 nitrogen and oxygen atoms in total. The average Bonchev–Trinajstić information content (AvgIpc) is 2.24. The monoisotopic (exact) mass is 322 g/mol.